The first-order valence-corrected chi connectivity index (χ1v) is 7.95. The summed E-state index contributed by atoms with van der Waals surface area (Å²) in [6.45, 7) is 4.64. The van der Waals surface area contributed by atoms with Gasteiger partial charge in [0.15, 0.2) is 0 Å². The highest BCUT2D eigenvalue weighted by Gasteiger charge is 2.18. The summed E-state index contributed by atoms with van der Waals surface area (Å²) in [5, 5.41) is 0. The lowest BCUT2D eigenvalue weighted by Crippen LogP contribution is -2.31. The molecule has 0 bridgehead atoms. The fourth-order valence-corrected chi connectivity index (χ4v) is 2.62. The monoisotopic (exact) mass is 340 g/mol. The zero-order chi connectivity index (χ0) is 15.1. The number of hydrogen-bond donors (Lipinski definition) is 1. The molecule has 0 aliphatic carbocycles. The maximum absolute atomic E-state index is 12.3. The molecular weight excluding hydrogens is 316 g/mol. The van der Waals surface area contributed by atoms with Crippen LogP contribution in [0.5, 0.6) is 0 Å². The Kier molecular flexibility index (Phi) is 7.24. The summed E-state index contributed by atoms with van der Waals surface area (Å²) in [5.41, 5.74) is 6.86. The summed E-state index contributed by atoms with van der Waals surface area (Å²) in [6, 6.07) is 8.22. The second-order valence-electron chi connectivity index (χ2n) is 5.59. The number of hydrogen-bond acceptors (Lipinski definition) is 2. The second-order valence-corrected chi connectivity index (χ2v) is 6.45. The van der Waals surface area contributed by atoms with E-state index in [1.807, 2.05) is 45.2 Å². The number of nitrogens with two attached hydrogens (primary N) is 1. The molecule has 2 N–H and O–H groups in total. The van der Waals surface area contributed by atoms with Gasteiger partial charge in [0, 0.05) is 30.0 Å². The SMILES string of the molecule is CC(N)CCCC(C)C(=O)N(C)Cc1ccccc1Br. The minimum Gasteiger partial charge on any atom is -0.341 e. The molecule has 0 aromatic heterocycles. The topological polar surface area (TPSA) is 46.3 Å². The number of carbonyl (C=O) groups excluding carboxylic acids is 1. The van der Waals surface area contributed by atoms with Crippen LogP contribution < -0.4 is 5.73 Å². The third kappa shape index (κ3) is 5.63. The Morgan fingerprint density at radius 3 is 2.55 bits per heavy atom. The van der Waals surface area contributed by atoms with Crippen molar-refractivity contribution in [1.82, 2.24) is 4.90 Å². The molecule has 4 heteroatoms. The van der Waals surface area contributed by atoms with Gasteiger partial charge in [-0.3, -0.25) is 4.79 Å². The number of halogens is 1. The molecule has 112 valence electrons. The van der Waals surface area contributed by atoms with E-state index in [2.05, 4.69) is 15.9 Å². The quantitative estimate of drug-likeness (QED) is 0.824. The predicted octanol–water partition coefficient (Wildman–Crippen LogP) is 3.56. The average Bonchev–Trinajstić information content (AvgIpc) is 2.39. The summed E-state index contributed by atoms with van der Waals surface area (Å²) >= 11 is 3.52. The summed E-state index contributed by atoms with van der Waals surface area (Å²) in [7, 11) is 1.86. The average molecular weight is 341 g/mol. The van der Waals surface area contributed by atoms with Crippen molar-refractivity contribution in [2.45, 2.75) is 45.7 Å². The van der Waals surface area contributed by atoms with Crippen molar-refractivity contribution in [1.29, 1.82) is 0 Å². The lowest BCUT2D eigenvalue weighted by Gasteiger charge is -2.22. The maximum atomic E-state index is 12.3. The van der Waals surface area contributed by atoms with Gasteiger partial charge in [-0.2, -0.15) is 0 Å². The maximum Gasteiger partial charge on any atom is 0.225 e. The van der Waals surface area contributed by atoms with E-state index < -0.39 is 0 Å². The fraction of sp³-hybridized carbons (Fsp3) is 0.562. The molecule has 1 rings (SSSR count). The zero-order valence-corrected chi connectivity index (χ0v) is 14.2. The molecule has 0 radical (unpaired) electrons. The molecule has 0 aliphatic heterocycles. The molecule has 1 aromatic rings. The third-order valence-electron chi connectivity index (χ3n) is 3.46. The Labute approximate surface area is 130 Å². The van der Waals surface area contributed by atoms with Gasteiger partial charge in [0.1, 0.15) is 0 Å². The van der Waals surface area contributed by atoms with E-state index in [1.54, 1.807) is 4.90 Å². The summed E-state index contributed by atoms with van der Waals surface area (Å²) in [5.74, 6) is 0.256. The molecule has 1 amide bonds. The van der Waals surface area contributed by atoms with Crippen molar-refractivity contribution in [2.24, 2.45) is 11.7 Å². The van der Waals surface area contributed by atoms with E-state index in [4.69, 9.17) is 5.73 Å². The number of amides is 1. The molecule has 0 heterocycles. The van der Waals surface area contributed by atoms with Gasteiger partial charge in [0.25, 0.3) is 0 Å². The van der Waals surface area contributed by atoms with Gasteiger partial charge in [-0.1, -0.05) is 47.5 Å². The van der Waals surface area contributed by atoms with E-state index >= 15 is 0 Å². The first-order valence-electron chi connectivity index (χ1n) is 7.15. The van der Waals surface area contributed by atoms with Gasteiger partial charge in [0.05, 0.1) is 0 Å². The van der Waals surface area contributed by atoms with Crippen molar-refractivity contribution >= 4 is 21.8 Å². The Hall–Kier alpha value is -0.870. The number of rotatable bonds is 7. The molecule has 3 nitrogen and oxygen atoms in total. The van der Waals surface area contributed by atoms with Crippen LogP contribution >= 0.6 is 15.9 Å². The van der Waals surface area contributed by atoms with Crippen molar-refractivity contribution in [2.75, 3.05) is 7.05 Å². The lowest BCUT2D eigenvalue weighted by atomic mass is 10.0. The minimum atomic E-state index is 0.0567. The van der Waals surface area contributed by atoms with Crippen molar-refractivity contribution in [3.63, 3.8) is 0 Å². The highest BCUT2D eigenvalue weighted by atomic mass is 79.9. The van der Waals surface area contributed by atoms with Gasteiger partial charge in [-0.05, 0) is 31.4 Å². The van der Waals surface area contributed by atoms with Gasteiger partial charge < -0.3 is 10.6 Å². The van der Waals surface area contributed by atoms with Crippen molar-refractivity contribution in [3.8, 4) is 0 Å². The van der Waals surface area contributed by atoms with Gasteiger partial charge in [0.2, 0.25) is 5.91 Å². The summed E-state index contributed by atoms with van der Waals surface area (Å²) < 4.78 is 1.05. The van der Waals surface area contributed by atoms with Crippen LogP contribution in [0, 0.1) is 5.92 Å². The number of benzene rings is 1. The Morgan fingerprint density at radius 2 is 1.95 bits per heavy atom. The molecule has 0 saturated carbocycles. The van der Waals surface area contributed by atoms with Gasteiger partial charge >= 0.3 is 0 Å². The van der Waals surface area contributed by atoms with Crippen LogP contribution in [0.4, 0.5) is 0 Å². The van der Waals surface area contributed by atoms with Crippen LogP contribution in [-0.2, 0) is 11.3 Å². The van der Waals surface area contributed by atoms with Crippen molar-refractivity contribution < 1.29 is 4.79 Å². The number of carbonyl (C=O) groups is 1. The molecule has 2 atom stereocenters. The van der Waals surface area contributed by atoms with E-state index in [1.165, 1.54) is 0 Å². The molecule has 1 aromatic carbocycles. The van der Waals surface area contributed by atoms with Crippen LogP contribution in [0.25, 0.3) is 0 Å². The first kappa shape index (κ1) is 17.2. The van der Waals surface area contributed by atoms with Crippen LogP contribution in [0.3, 0.4) is 0 Å². The summed E-state index contributed by atoms with van der Waals surface area (Å²) in [4.78, 5) is 14.1. The molecular formula is C16H25BrN2O. The van der Waals surface area contributed by atoms with Gasteiger partial charge in [-0.15, -0.1) is 0 Å². The van der Waals surface area contributed by atoms with Crippen molar-refractivity contribution in [3.05, 3.63) is 34.3 Å². The largest absolute Gasteiger partial charge is 0.341 e. The molecule has 0 aliphatic rings. The van der Waals surface area contributed by atoms with E-state index in [0.29, 0.717) is 6.54 Å². The van der Waals surface area contributed by atoms with E-state index in [0.717, 1.165) is 29.3 Å². The van der Waals surface area contributed by atoms with E-state index in [-0.39, 0.29) is 17.9 Å². The molecule has 0 spiro atoms. The van der Waals surface area contributed by atoms with E-state index in [9.17, 15) is 4.79 Å². The lowest BCUT2D eigenvalue weighted by molar-refractivity contribution is -0.134. The highest BCUT2D eigenvalue weighted by molar-refractivity contribution is 9.10. The fourth-order valence-electron chi connectivity index (χ4n) is 2.21. The summed E-state index contributed by atoms with van der Waals surface area (Å²) in [6.07, 6.45) is 2.89. The molecule has 2 unspecified atom stereocenters. The third-order valence-corrected chi connectivity index (χ3v) is 4.23. The Balaban J connectivity index is 2.48. The first-order chi connectivity index (χ1) is 9.41. The Bertz CT molecular complexity index is 434. The molecule has 20 heavy (non-hydrogen) atoms. The predicted molar refractivity (Wildman–Crippen MR) is 87.3 cm³/mol. The number of nitrogens with zero attached hydrogens (tertiary/aromatic N) is 1. The van der Waals surface area contributed by atoms with Gasteiger partial charge in [-0.25, -0.2) is 0 Å². The Morgan fingerprint density at radius 1 is 1.30 bits per heavy atom. The van der Waals surface area contributed by atoms with Crippen LogP contribution in [0.1, 0.15) is 38.7 Å². The molecule has 0 saturated heterocycles. The molecule has 0 fully saturated rings. The standard InChI is InChI=1S/C16H25BrN2O/c1-12(7-6-8-13(2)18)16(20)19(3)11-14-9-4-5-10-15(14)17/h4-5,9-10,12-13H,6-8,11,18H2,1-3H3. The van der Waals surface area contributed by atoms with Crippen LogP contribution in [-0.4, -0.2) is 23.9 Å². The minimum absolute atomic E-state index is 0.0567. The highest BCUT2D eigenvalue weighted by Crippen LogP contribution is 2.19. The van der Waals surface area contributed by atoms with Crippen LogP contribution in [0.15, 0.2) is 28.7 Å². The second kappa shape index (κ2) is 8.42. The zero-order valence-electron chi connectivity index (χ0n) is 12.6. The normalized spacial score (nSPS) is 13.8. The smallest absolute Gasteiger partial charge is 0.225 e. The van der Waals surface area contributed by atoms with Crippen LogP contribution in [0.2, 0.25) is 0 Å².